The number of nitrogens with two attached hydrogens (primary N) is 1. The minimum absolute atomic E-state index is 0.242. The summed E-state index contributed by atoms with van der Waals surface area (Å²) in [7, 11) is 0. The highest BCUT2D eigenvalue weighted by Crippen LogP contribution is 2.18. The van der Waals surface area contributed by atoms with Crippen molar-refractivity contribution in [3.05, 3.63) is 34.9 Å². The summed E-state index contributed by atoms with van der Waals surface area (Å²) in [5, 5.41) is 0. The van der Waals surface area contributed by atoms with Gasteiger partial charge in [0.25, 0.3) is 0 Å². The Morgan fingerprint density at radius 1 is 1.42 bits per heavy atom. The van der Waals surface area contributed by atoms with Crippen LogP contribution >= 0.6 is 0 Å². The third-order valence-electron chi connectivity index (χ3n) is 4.05. The second kappa shape index (κ2) is 6.20. The zero-order chi connectivity index (χ0) is 13.8. The lowest BCUT2D eigenvalue weighted by atomic mass is 9.97. The molecule has 1 aliphatic heterocycles. The Labute approximate surface area is 115 Å². The van der Waals surface area contributed by atoms with Crippen LogP contribution < -0.4 is 5.73 Å². The van der Waals surface area contributed by atoms with Crippen LogP contribution in [-0.2, 0) is 11.2 Å². The zero-order valence-electron chi connectivity index (χ0n) is 12.0. The predicted octanol–water partition coefficient (Wildman–Crippen LogP) is 2.04. The molecule has 1 saturated heterocycles. The Hall–Kier alpha value is -1.35. The maximum absolute atomic E-state index is 12.4. The first-order chi connectivity index (χ1) is 9.10. The van der Waals surface area contributed by atoms with Gasteiger partial charge in [0.1, 0.15) is 0 Å². The molecule has 0 bridgehead atoms. The smallest absolute Gasteiger partial charge is 0.227 e. The Kier molecular flexibility index (Phi) is 4.59. The van der Waals surface area contributed by atoms with E-state index in [-0.39, 0.29) is 5.91 Å². The molecule has 19 heavy (non-hydrogen) atoms. The molecule has 1 unspecified atom stereocenters. The van der Waals surface area contributed by atoms with Gasteiger partial charge in [-0.05, 0) is 50.3 Å². The van der Waals surface area contributed by atoms with Gasteiger partial charge in [-0.3, -0.25) is 4.79 Å². The van der Waals surface area contributed by atoms with Crippen LogP contribution in [0.15, 0.2) is 18.2 Å². The molecule has 1 atom stereocenters. The number of likely N-dealkylation sites (tertiary alicyclic amines) is 1. The van der Waals surface area contributed by atoms with Gasteiger partial charge in [-0.2, -0.15) is 0 Å². The molecule has 3 heteroatoms. The number of hydrogen-bond donors (Lipinski definition) is 1. The second-order valence-corrected chi connectivity index (χ2v) is 5.69. The molecule has 2 rings (SSSR count). The van der Waals surface area contributed by atoms with E-state index >= 15 is 0 Å². The standard InChI is InChI=1S/C16H24N2O/c1-12-5-6-13(2)15(8-12)9-16(19)18-7-3-4-14(10-17)11-18/h5-6,8,14H,3-4,7,9-11,17H2,1-2H3. The van der Waals surface area contributed by atoms with Crippen LogP contribution in [0, 0.1) is 19.8 Å². The van der Waals surface area contributed by atoms with Crippen molar-refractivity contribution in [3.8, 4) is 0 Å². The van der Waals surface area contributed by atoms with Gasteiger partial charge >= 0.3 is 0 Å². The van der Waals surface area contributed by atoms with Crippen molar-refractivity contribution in [2.45, 2.75) is 33.1 Å². The molecule has 1 amide bonds. The highest BCUT2D eigenvalue weighted by molar-refractivity contribution is 5.79. The van der Waals surface area contributed by atoms with Gasteiger partial charge in [-0.15, -0.1) is 0 Å². The van der Waals surface area contributed by atoms with Crippen molar-refractivity contribution in [2.24, 2.45) is 11.7 Å². The summed E-state index contributed by atoms with van der Waals surface area (Å²) in [6.07, 6.45) is 2.76. The van der Waals surface area contributed by atoms with Crippen LogP contribution in [-0.4, -0.2) is 30.4 Å². The largest absolute Gasteiger partial charge is 0.342 e. The Morgan fingerprint density at radius 3 is 2.95 bits per heavy atom. The Bertz CT molecular complexity index is 456. The molecule has 0 radical (unpaired) electrons. The molecule has 0 aliphatic carbocycles. The van der Waals surface area contributed by atoms with Gasteiger partial charge in [-0.25, -0.2) is 0 Å². The average Bonchev–Trinajstić information content (AvgIpc) is 2.43. The molecule has 2 N–H and O–H groups in total. The normalized spacial score (nSPS) is 19.5. The first kappa shape index (κ1) is 14.1. The molecule has 1 fully saturated rings. The van der Waals surface area contributed by atoms with E-state index in [9.17, 15) is 4.79 Å². The van der Waals surface area contributed by atoms with Crippen LogP contribution in [0.1, 0.15) is 29.5 Å². The molecular formula is C16H24N2O. The lowest BCUT2D eigenvalue weighted by Gasteiger charge is -2.32. The SMILES string of the molecule is Cc1ccc(C)c(CC(=O)N2CCCC(CN)C2)c1. The molecule has 0 saturated carbocycles. The van der Waals surface area contributed by atoms with Crippen LogP contribution in [0.3, 0.4) is 0 Å². The number of piperidine rings is 1. The van der Waals surface area contributed by atoms with E-state index in [4.69, 9.17) is 5.73 Å². The van der Waals surface area contributed by atoms with Gasteiger partial charge in [0.2, 0.25) is 5.91 Å². The van der Waals surface area contributed by atoms with Crippen molar-refractivity contribution >= 4 is 5.91 Å². The van der Waals surface area contributed by atoms with E-state index in [2.05, 4.69) is 32.0 Å². The fraction of sp³-hybridized carbons (Fsp3) is 0.562. The number of rotatable bonds is 3. The lowest BCUT2D eigenvalue weighted by Crippen LogP contribution is -2.42. The summed E-state index contributed by atoms with van der Waals surface area (Å²) >= 11 is 0. The maximum atomic E-state index is 12.4. The first-order valence-electron chi connectivity index (χ1n) is 7.14. The summed E-state index contributed by atoms with van der Waals surface area (Å²) in [5.74, 6) is 0.725. The maximum Gasteiger partial charge on any atom is 0.227 e. The summed E-state index contributed by atoms with van der Waals surface area (Å²) in [4.78, 5) is 14.4. The molecule has 3 nitrogen and oxygen atoms in total. The van der Waals surface area contributed by atoms with Gasteiger partial charge in [0, 0.05) is 13.1 Å². The molecule has 0 aromatic heterocycles. The minimum Gasteiger partial charge on any atom is -0.342 e. The molecule has 1 aromatic rings. The monoisotopic (exact) mass is 260 g/mol. The van der Waals surface area contributed by atoms with E-state index in [1.165, 1.54) is 11.1 Å². The van der Waals surface area contributed by atoms with E-state index < -0.39 is 0 Å². The summed E-state index contributed by atoms with van der Waals surface area (Å²) in [5.41, 5.74) is 9.29. The molecule has 0 spiro atoms. The van der Waals surface area contributed by atoms with Crippen LogP contribution in [0.25, 0.3) is 0 Å². The number of carbonyl (C=O) groups is 1. The predicted molar refractivity (Wildman–Crippen MR) is 78.0 cm³/mol. The fourth-order valence-electron chi connectivity index (χ4n) is 2.75. The van der Waals surface area contributed by atoms with Crippen LogP contribution in [0.5, 0.6) is 0 Å². The number of hydrogen-bond acceptors (Lipinski definition) is 2. The number of carbonyl (C=O) groups excluding carboxylic acids is 1. The van der Waals surface area contributed by atoms with Crippen molar-refractivity contribution in [2.75, 3.05) is 19.6 Å². The van der Waals surface area contributed by atoms with E-state index in [0.717, 1.165) is 31.5 Å². The van der Waals surface area contributed by atoms with Crippen molar-refractivity contribution in [1.29, 1.82) is 0 Å². The number of benzene rings is 1. The van der Waals surface area contributed by atoms with Crippen molar-refractivity contribution < 1.29 is 4.79 Å². The molecule has 1 aliphatic rings. The van der Waals surface area contributed by atoms with Gasteiger partial charge in [0.05, 0.1) is 6.42 Å². The molecule has 1 aromatic carbocycles. The van der Waals surface area contributed by atoms with Crippen LogP contribution in [0.4, 0.5) is 0 Å². The molecule has 1 heterocycles. The van der Waals surface area contributed by atoms with Gasteiger partial charge in [-0.1, -0.05) is 23.8 Å². The Morgan fingerprint density at radius 2 is 2.21 bits per heavy atom. The van der Waals surface area contributed by atoms with Crippen LogP contribution in [0.2, 0.25) is 0 Å². The minimum atomic E-state index is 0.242. The second-order valence-electron chi connectivity index (χ2n) is 5.69. The number of aryl methyl sites for hydroxylation is 2. The quantitative estimate of drug-likeness (QED) is 0.904. The molecule has 104 valence electrons. The third-order valence-corrected chi connectivity index (χ3v) is 4.05. The summed E-state index contributed by atoms with van der Waals surface area (Å²) < 4.78 is 0. The van der Waals surface area contributed by atoms with Crippen molar-refractivity contribution in [1.82, 2.24) is 4.90 Å². The average molecular weight is 260 g/mol. The zero-order valence-corrected chi connectivity index (χ0v) is 12.0. The lowest BCUT2D eigenvalue weighted by molar-refractivity contribution is -0.132. The van der Waals surface area contributed by atoms with Gasteiger partial charge < -0.3 is 10.6 Å². The van der Waals surface area contributed by atoms with Gasteiger partial charge in [0.15, 0.2) is 0 Å². The summed E-state index contributed by atoms with van der Waals surface area (Å²) in [6, 6.07) is 6.31. The third kappa shape index (κ3) is 3.57. The first-order valence-corrected chi connectivity index (χ1v) is 7.14. The van der Waals surface area contributed by atoms with E-state index in [1.54, 1.807) is 0 Å². The highest BCUT2D eigenvalue weighted by atomic mass is 16.2. The van der Waals surface area contributed by atoms with E-state index in [0.29, 0.717) is 18.9 Å². The number of amides is 1. The molecular weight excluding hydrogens is 236 g/mol. The topological polar surface area (TPSA) is 46.3 Å². The highest BCUT2D eigenvalue weighted by Gasteiger charge is 2.22. The fourth-order valence-corrected chi connectivity index (χ4v) is 2.75. The number of nitrogens with zero attached hydrogens (tertiary/aromatic N) is 1. The van der Waals surface area contributed by atoms with Crippen molar-refractivity contribution in [3.63, 3.8) is 0 Å². The summed E-state index contributed by atoms with van der Waals surface area (Å²) in [6.45, 7) is 6.55. The van der Waals surface area contributed by atoms with E-state index in [1.807, 2.05) is 4.90 Å². The Balaban J connectivity index is 2.02.